The molecule has 5 atom stereocenters. The highest BCUT2D eigenvalue weighted by Gasteiger charge is 2.38. The summed E-state index contributed by atoms with van der Waals surface area (Å²) in [6, 6.07) is -1.37. The fourth-order valence-electron chi connectivity index (χ4n) is 11.7. The summed E-state index contributed by atoms with van der Waals surface area (Å²) in [6.45, 7) is 19.6. The van der Waals surface area contributed by atoms with Crippen LogP contribution in [0.1, 0.15) is 178 Å². The molecule has 0 bridgehead atoms. The van der Waals surface area contributed by atoms with E-state index >= 15 is 0 Å². The quantitative estimate of drug-likeness (QED) is 0.0139. The van der Waals surface area contributed by atoms with Gasteiger partial charge in [-0.15, -0.1) is 0 Å². The number of rotatable bonds is 67. The number of phenolic OH excluding ortho intramolecular Hbond substituents is 1. The van der Waals surface area contributed by atoms with E-state index in [4.69, 9.17) is 47.4 Å². The van der Waals surface area contributed by atoms with Crippen molar-refractivity contribution in [1.29, 1.82) is 0 Å². The zero-order chi connectivity index (χ0) is 95.0. The van der Waals surface area contributed by atoms with Gasteiger partial charge in [0.25, 0.3) is 23.6 Å². The zero-order valence-electron chi connectivity index (χ0n) is 75.2. The van der Waals surface area contributed by atoms with Gasteiger partial charge in [-0.1, -0.05) is 13.0 Å². The molecule has 0 saturated heterocycles. The summed E-state index contributed by atoms with van der Waals surface area (Å²) in [7, 11) is 0. The molecule has 43 nitrogen and oxygen atoms in total. The van der Waals surface area contributed by atoms with Gasteiger partial charge in [-0.25, -0.2) is 4.79 Å². The van der Waals surface area contributed by atoms with Crippen LogP contribution in [-0.2, 0) is 135 Å². The van der Waals surface area contributed by atoms with Gasteiger partial charge in [0.05, 0.1) is 111 Å². The van der Waals surface area contributed by atoms with Crippen LogP contribution < -0.4 is 58.5 Å². The smallest absolute Gasteiger partial charge is 0.407 e. The van der Waals surface area contributed by atoms with Crippen LogP contribution in [0.2, 0.25) is 0 Å². The summed E-state index contributed by atoms with van der Waals surface area (Å²) >= 11 is 0. The fourth-order valence-corrected chi connectivity index (χ4v) is 11.7. The normalized spacial score (nSPS) is 13.7. The number of amides is 15. The molecular weight excluding hydrogens is 1680 g/mol. The Morgan fingerprint density at radius 1 is 0.391 bits per heavy atom. The van der Waals surface area contributed by atoms with Gasteiger partial charge in [0.1, 0.15) is 40.7 Å². The number of phenols is 1. The van der Waals surface area contributed by atoms with Crippen molar-refractivity contribution in [1.82, 2.24) is 63.0 Å². The van der Waals surface area contributed by atoms with E-state index in [0.717, 1.165) is 34.1 Å². The van der Waals surface area contributed by atoms with E-state index in [1.165, 1.54) is 12.1 Å². The molecule has 1 aromatic rings. The Morgan fingerprint density at radius 2 is 0.781 bits per heavy atom. The number of ether oxygens (including phenoxy) is 10. The van der Waals surface area contributed by atoms with Crippen LogP contribution in [-0.4, -0.2) is 313 Å². The van der Waals surface area contributed by atoms with Crippen LogP contribution >= 0.6 is 0 Å². The standard InChI is InChI=1S/C85H133N13O30/c1-57(81(117)127-84(5,6)7)54-59(92-82(118)128-85(8,9)10)55-58-20-21-62(99)61(56-58)94-67(104)18-13-33-89-78(114)60(93-66(103)17-14-34-90-79(115)76(95-68(105)26-38-97-70(107)22-23-71(97)108)77(80(116)91-35-15-19-74(111)112)96-69(106)27-39-98-72(109)24-25-73(98)110)16-11-12-32-86-63(100)28-40-120-48-52-125-53-49-121-42-30-65(102)87-36-44-123-50-46-119-41-29-64(101)88-37-45-124-51-47-122-43-31-75(113)126-83(2,3)4/h20-25,56-57,59-60,76-77,99H,11-19,26-55H2,1-10H3,(H,86,100)(H,87,102)(H,88,101)(H,89,114)(H,90,115)(H,91,116)(H,92,118)(H,93,103)(H,94,104)(H,95,105)(H,96,106)(H,111,112)/t57-,59+,60-,76-,77+/m0/s1. The Morgan fingerprint density at radius 3 is 1.23 bits per heavy atom. The second-order valence-corrected chi connectivity index (χ2v) is 32.6. The van der Waals surface area contributed by atoms with Crippen molar-refractivity contribution in [2.75, 3.05) is 150 Å². The second-order valence-electron chi connectivity index (χ2n) is 32.6. The zero-order valence-corrected chi connectivity index (χ0v) is 75.2. The Kier molecular flexibility index (Phi) is 53.2. The number of carboxylic acid groups (broad SMARTS) is 1. The molecule has 0 fully saturated rings. The van der Waals surface area contributed by atoms with Crippen molar-refractivity contribution in [2.45, 2.75) is 219 Å². The number of carbonyl (C=O) groups is 18. The Balaban J connectivity index is 1.54. The first-order chi connectivity index (χ1) is 60.6. The average Bonchev–Trinajstić information content (AvgIpc) is 1.42. The molecule has 0 spiro atoms. The molecule has 718 valence electrons. The molecule has 0 saturated carbocycles. The van der Waals surface area contributed by atoms with E-state index < -0.39 is 162 Å². The summed E-state index contributed by atoms with van der Waals surface area (Å²) < 4.78 is 54.5. The van der Waals surface area contributed by atoms with Gasteiger partial charge in [0.15, 0.2) is 0 Å². The number of hydrogen-bond acceptors (Lipinski definition) is 29. The number of anilines is 1. The molecule has 0 radical (unpaired) electrons. The lowest BCUT2D eigenvalue weighted by Crippen LogP contribution is -2.64. The molecule has 2 heterocycles. The number of nitrogens with one attached hydrogen (secondary N) is 11. The minimum absolute atomic E-state index is 0.000793. The van der Waals surface area contributed by atoms with Gasteiger partial charge in [0, 0.05) is 134 Å². The predicted octanol–water partition coefficient (Wildman–Crippen LogP) is 0.530. The van der Waals surface area contributed by atoms with Crippen molar-refractivity contribution in [2.24, 2.45) is 5.92 Å². The van der Waals surface area contributed by atoms with Gasteiger partial charge < -0.3 is 116 Å². The SMILES string of the molecule is C[C@@H](C[C@H](Cc1ccc(O)c(NC(=O)CCCNC(=O)[C@H](CCCCNC(=O)CCOCCOCCOCCC(=O)NCCOCCOCCC(=O)NCCOCCOCCC(=O)OC(C)(C)C)NC(=O)CCCNC(=O)[C@@H](NC(=O)CCN2C(=O)C=CC2=O)[C@@H](NC(=O)CCN2C(=O)C=CC2=O)C(=O)NCCCC(=O)O)c1)NC(=O)OC(C)(C)C)C(=O)OC(C)(C)C. The van der Waals surface area contributed by atoms with Crippen molar-refractivity contribution in [3.05, 3.63) is 48.1 Å². The lowest BCUT2D eigenvalue weighted by Gasteiger charge is -2.28. The molecule has 128 heavy (non-hydrogen) atoms. The number of nitrogens with zero attached hydrogens (tertiary/aromatic N) is 2. The van der Waals surface area contributed by atoms with Gasteiger partial charge in [-0.05, 0) is 131 Å². The largest absolute Gasteiger partial charge is 0.506 e. The molecule has 1 aromatic carbocycles. The fraction of sp³-hybridized carbons (Fsp3) is 0.671. The van der Waals surface area contributed by atoms with Gasteiger partial charge in [0.2, 0.25) is 59.1 Å². The first-order valence-corrected chi connectivity index (χ1v) is 43.0. The van der Waals surface area contributed by atoms with Crippen LogP contribution in [0.5, 0.6) is 5.75 Å². The minimum atomic E-state index is -1.98. The number of hydrogen-bond donors (Lipinski definition) is 13. The van der Waals surface area contributed by atoms with Crippen molar-refractivity contribution >= 4 is 112 Å². The number of esters is 2. The summed E-state index contributed by atoms with van der Waals surface area (Å²) in [5.74, 6) is -12.7. The van der Waals surface area contributed by atoms with E-state index in [9.17, 15) is 96.5 Å². The van der Waals surface area contributed by atoms with E-state index in [2.05, 4.69) is 58.5 Å². The minimum Gasteiger partial charge on any atom is -0.506 e. The van der Waals surface area contributed by atoms with Crippen LogP contribution in [0.25, 0.3) is 0 Å². The molecule has 2 aliphatic heterocycles. The van der Waals surface area contributed by atoms with Crippen molar-refractivity contribution < 1.29 is 144 Å². The number of aliphatic carboxylic acids is 1. The lowest BCUT2D eigenvalue weighted by molar-refractivity contribution is -0.160. The Bertz CT molecular complexity index is 3820. The van der Waals surface area contributed by atoms with Gasteiger partial charge in [-0.2, -0.15) is 0 Å². The number of carbonyl (C=O) groups excluding carboxylic acids is 17. The summed E-state index contributed by atoms with van der Waals surface area (Å²) in [5.41, 5.74) is -1.56. The van der Waals surface area contributed by atoms with Gasteiger partial charge >= 0.3 is 24.0 Å². The van der Waals surface area contributed by atoms with E-state index in [1.807, 2.05) is 0 Å². The maximum absolute atomic E-state index is 14.2. The van der Waals surface area contributed by atoms with E-state index in [-0.39, 0.29) is 224 Å². The summed E-state index contributed by atoms with van der Waals surface area (Å²) in [4.78, 5) is 233. The summed E-state index contributed by atoms with van der Waals surface area (Å²) in [6.07, 6.45) is 2.21. The molecule has 0 aliphatic carbocycles. The molecule has 0 aromatic heterocycles. The first-order valence-electron chi connectivity index (χ1n) is 43.0. The average molecular weight is 1820 g/mol. The van der Waals surface area contributed by atoms with Crippen molar-refractivity contribution in [3.63, 3.8) is 0 Å². The van der Waals surface area contributed by atoms with Gasteiger partial charge in [-0.3, -0.25) is 91.3 Å². The van der Waals surface area contributed by atoms with Crippen LogP contribution in [0.3, 0.4) is 0 Å². The van der Waals surface area contributed by atoms with Crippen LogP contribution in [0.15, 0.2) is 42.5 Å². The summed E-state index contributed by atoms with van der Waals surface area (Å²) in [5, 5.41) is 48.8. The molecule has 0 unspecified atom stereocenters. The van der Waals surface area contributed by atoms with E-state index in [1.54, 1.807) is 75.3 Å². The number of imide groups is 2. The molecular formula is C85H133N13O30. The number of carboxylic acids is 1. The third kappa shape index (κ3) is 52.9. The third-order valence-corrected chi connectivity index (χ3v) is 17.9. The third-order valence-electron chi connectivity index (χ3n) is 17.9. The molecule has 3 rings (SSSR count). The number of benzene rings is 1. The highest BCUT2D eigenvalue weighted by atomic mass is 16.6. The molecule has 43 heteroatoms. The topological polar surface area (TPSA) is 579 Å². The molecule has 2 aliphatic rings. The predicted molar refractivity (Wildman–Crippen MR) is 457 cm³/mol. The maximum Gasteiger partial charge on any atom is 0.407 e. The monoisotopic (exact) mass is 1820 g/mol. The molecule has 15 amide bonds. The highest BCUT2D eigenvalue weighted by Crippen LogP contribution is 2.27. The second kappa shape index (κ2) is 61.4. The number of aromatic hydroxyl groups is 1. The van der Waals surface area contributed by atoms with Crippen molar-refractivity contribution in [3.8, 4) is 5.75 Å². The lowest BCUT2D eigenvalue weighted by atomic mass is 9.95. The maximum atomic E-state index is 14.2. The highest BCUT2D eigenvalue weighted by molar-refractivity contribution is 6.14. The van der Waals surface area contributed by atoms with Crippen LogP contribution in [0, 0.1) is 5.92 Å². The Hall–Kier alpha value is -11.1. The Labute approximate surface area is 745 Å². The van der Waals surface area contributed by atoms with Crippen LogP contribution in [0.4, 0.5) is 10.5 Å². The number of unbranched alkanes of at least 4 members (excludes halogenated alkanes) is 1. The number of alkyl carbamates (subject to hydrolysis) is 1. The van der Waals surface area contributed by atoms with E-state index in [0.29, 0.717) is 38.3 Å². The first kappa shape index (κ1) is 111. The molecule has 13 N–H and O–H groups in total.